The summed E-state index contributed by atoms with van der Waals surface area (Å²) in [5.74, 6) is -0.819. The van der Waals surface area contributed by atoms with Gasteiger partial charge in [-0.15, -0.1) is 0 Å². The minimum absolute atomic E-state index is 0.0836. The first kappa shape index (κ1) is 19.0. The van der Waals surface area contributed by atoms with Crippen molar-refractivity contribution >= 4 is 34.1 Å². The number of aromatic nitrogens is 1. The number of benzene rings is 2. The normalized spacial score (nSPS) is 15.4. The molecular formula is C22H18N2O4S. The number of ketones is 1. The number of nitrogens with zero attached hydrogens (tertiary/aromatic N) is 1. The van der Waals surface area contributed by atoms with Crippen LogP contribution in [0.3, 0.4) is 0 Å². The van der Waals surface area contributed by atoms with Crippen molar-refractivity contribution in [1.82, 2.24) is 4.98 Å². The van der Waals surface area contributed by atoms with Gasteiger partial charge in [-0.1, -0.05) is 41.7 Å². The number of ether oxygens (including phenoxy) is 1. The van der Waals surface area contributed by atoms with Gasteiger partial charge in [0, 0.05) is 18.9 Å². The third-order valence-corrected chi connectivity index (χ3v) is 5.92. The van der Waals surface area contributed by atoms with Gasteiger partial charge in [0.05, 0.1) is 16.1 Å². The van der Waals surface area contributed by atoms with Crippen LogP contribution >= 0.6 is 11.3 Å². The lowest BCUT2D eigenvalue weighted by atomic mass is 9.93. The van der Waals surface area contributed by atoms with Crippen molar-refractivity contribution in [2.75, 3.05) is 5.32 Å². The largest absolute Gasteiger partial charge is 0.454 e. The molecule has 0 bridgehead atoms. The van der Waals surface area contributed by atoms with Crippen molar-refractivity contribution in [3.05, 3.63) is 81.4 Å². The Balaban J connectivity index is 1.57. The van der Waals surface area contributed by atoms with E-state index in [0.717, 1.165) is 22.5 Å². The molecule has 0 aliphatic carbocycles. The smallest absolute Gasteiger partial charge is 0.339 e. The highest BCUT2D eigenvalue weighted by Gasteiger charge is 2.28. The van der Waals surface area contributed by atoms with Crippen molar-refractivity contribution in [2.45, 2.75) is 26.4 Å². The first-order chi connectivity index (χ1) is 13.9. The highest BCUT2D eigenvalue weighted by Crippen LogP contribution is 2.31. The molecule has 4 rings (SSSR count). The fourth-order valence-electron chi connectivity index (χ4n) is 3.34. The molecular weight excluding hydrogens is 388 g/mol. The van der Waals surface area contributed by atoms with Gasteiger partial charge in [-0.2, -0.15) is 0 Å². The quantitative estimate of drug-likeness (QED) is 0.514. The molecule has 1 atom stereocenters. The molecule has 6 nitrogen and oxygen atoms in total. The summed E-state index contributed by atoms with van der Waals surface area (Å²) in [6.45, 7) is 3.20. The van der Waals surface area contributed by atoms with E-state index in [9.17, 15) is 14.4 Å². The Morgan fingerprint density at radius 2 is 1.93 bits per heavy atom. The van der Waals surface area contributed by atoms with Crippen LogP contribution in [0.5, 0.6) is 0 Å². The van der Waals surface area contributed by atoms with Gasteiger partial charge in [-0.25, -0.2) is 9.78 Å². The molecule has 2 heterocycles. The summed E-state index contributed by atoms with van der Waals surface area (Å²) in [5.41, 5.74) is 3.16. The Bertz CT molecular complexity index is 1120. The number of hydrogen-bond acceptors (Lipinski definition) is 6. The first-order valence-corrected chi connectivity index (χ1v) is 9.92. The summed E-state index contributed by atoms with van der Waals surface area (Å²) < 4.78 is 5.55. The molecule has 1 aromatic heterocycles. The molecule has 7 heteroatoms. The Kier molecular flexibility index (Phi) is 4.98. The minimum Gasteiger partial charge on any atom is -0.454 e. The third-order valence-electron chi connectivity index (χ3n) is 4.75. The van der Waals surface area contributed by atoms with Gasteiger partial charge in [-0.05, 0) is 36.2 Å². The maximum absolute atomic E-state index is 12.7. The Morgan fingerprint density at radius 3 is 2.62 bits per heavy atom. The molecule has 0 fully saturated rings. The van der Waals surface area contributed by atoms with Gasteiger partial charge < -0.3 is 4.74 Å². The second-order valence-corrected chi connectivity index (χ2v) is 7.82. The number of fused-ring (bicyclic) bond motifs is 1. The van der Waals surface area contributed by atoms with Crippen molar-refractivity contribution in [2.24, 2.45) is 0 Å². The second-order valence-electron chi connectivity index (χ2n) is 6.82. The number of carbonyl (C=O) groups is 3. The lowest BCUT2D eigenvalue weighted by molar-refractivity contribution is 0.0252. The predicted molar refractivity (Wildman–Crippen MR) is 110 cm³/mol. The van der Waals surface area contributed by atoms with E-state index in [0.29, 0.717) is 33.3 Å². The number of amides is 1. The number of rotatable bonds is 4. The van der Waals surface area contributed by atoms with E-state index < -0.39 is 5.97 Å². The molecule has 0 saturated carbocycles. The van der Waals surface area contributed by atoms with Crippen molar-refractivity contribution in [3.8, 4) is 0 Å². The Labute approximate surface area is 171 Å². The SMILES string of the molecule is CC(=O)c1sc(NC(=O)c2ccc3c(c2)C[C@H](c2ccccc2)OC3=O)nc1C. The highest BCUT2D eigenvalue weighted by molar-refractivity contribution is 7.17. The van der Waals surface area contributed by atoms with Crippen LogP contribution in [0.1, 0.15) is 60.2 Å². The van der Waals surface area contributed by atoms with Gasteiger partial charge in [0.2, 0.25) is 0 Å². The zero-order valence-corrected chi connectivity index (χ0v) is 16.7. The summed E-state index contributed by atoms with van der Waals surface area (Å²) in [4.78, 5) is 41.4. The van der Waals surface area contributed by atoms with E-state index in [1.807, 2.05) is 30.3 Å². The monoisotopic (exact) mass is 406 g/mol. The average molecular weight is 406 g/mol. The fourth-order valence-corrected chi connectivity index (χ4v) is 4.19. The van der Waals surface area contributed by atoms with Crippen molar-refractivity contribution in [1.29, 1.82) is 0 Å². The highest BCUT2D eigenvalue weighted by atomic mass is 32.1. The van der Waals surface area contributed by atoms with Crippen LogP contribution in [0.15, 0.2) is 48.5 Å². The summed E-state index contributed by atoms with van der Waals surface area (Å²) in [7, 11) is 0. The number of nitrogens with one attached hydrogen (secondary N) is 1. The van der Waals surface area contributed by atoms with Crippen molar-refractivity contribution in [3.63, 3.8) is 0 Å². The maximum atomic E-state index is 12.7. The third kappa shape index (κ3) is 3.82. The Hall–Kier alpha value is -3.32. The number of anilines is 1. The van der Waals surface area contributed by atoms with Gasteiger partial charge in [0.1, 0.15) is 6.10 Å². The standard InChI is InChI=1S/C22H18N2O4S/c1-12-19(13(2)25)29-22(23-12)24-20(26)15-8-9-17-16(10-15)11-18(28-21(17)27)14-6-4-3-5-7-14/h3-10,18H,11H2,1-2H3,(H,23,24,26)/t18-/m1/s1. The average Bonchev–Trinajstić information content (AvgIpc) is 3.08. The van der Waals surface area contributed by atoms with Crippen molar-refractivity contribution < 1.29 is 19.1 Å². The number of hydrogen-bond donors (Lipinski definition) is 1. The molecule has 2 aromatic carbocycles. The summed E-state index contributed by atoms with van der Waals surface area (Å²) in [6.07, 6.45) is 0.117. The fraction of sp³-hybridized carbons (Fsp3) is 0.182. The van der Waals surface area contributed by atoms with Crippen LogP contribution < -0.4 is 5.32 Å². The molecule has 146 valence electrons. The molecule has 1 aliphatic rings. The second kappa shape index (κ2) is 7.60. The predicted octanol–water partition coefficient (Wildman–Crippen LogP) is 4.36. The molecule has 0 spiro atoms. The molecule has 0 saturated heterocycles. The number of esters is 1. The molecule has 1 N–H and O–H groups in total. The number of cyclic esters (lactones) is 1. The summed E-state index contributed by atoms with van der Waals surface area (Å²) in [5, 5.41) is 3.11. The topological polar surface area (TPSA) is 85.4 Å². The van der Waals surface area contributed by atoms with Crippen LogP contribution in [0, 0.1) is 6.92 Å². The van der Waals surface area contributed by atoms with Crippen LogP contribution in [0.4, 0.5) is 5.13 Å². The number of Topliss-reactive ketones (excluding diaryl/α,β-unsaturated/α-hetero) is 1. The van der Waals surface area contributed by atoms with Gasteiger partial charge >= 0.3 is 5.97 Å². The zero-order valence-electron chi connectivity index (χ0n) is 15.9. The number of thiazole rings is 1. The van der Waals surface area contributed by atoms with E-state index in [1.165, 1.54) is 6.92 Å². The lowest BCUT2D eigenvalue weighted by Gasteiger charge is -2.25. The van der Waals surface area contributed by atoms with Crippen LogP contribution in [-0.4, -0.2) is 22.6 Å². The van der Waals surface area contributed by atoms with E-state index >= 15 is 0 Å². The van der Waals surface area contributed by atoms with Crippen LogP contribution in [0.2, 0.25) is 0 Å². The molecule has 3 aromatic rings. The first-order valence-electron chi connectivity index (χ1n) is 9.11. The maximum Gasteiger partial charge on any atom is 0.339 e. The van der Waals surface area contributed by atoms with E-state index in [4.69, 9.17) is 4.74 Å². The minimum atomic E-state index is -0.395. The summed E-state index contributed by atoms with van der Waals surface area (Å²) in [6, 6.07) is 14.4. The van der Waals surface area contributed by atoms with Crippen LogP contribution in [0.25, 0.3) is 0 Å². The van der Waals surface area contributed by atoms with Gasteiger partial charge in [-0.3, -0.25) is 14.9 Å². The lowest BCUT2D eigenvalue weighted by Crippen LogP contribution is -2.23. The summed E-state index contributed by atoms with van der Waals surface area (Å²) >= 11 is 1.15. The Morgan fingerprint density at radius 1 is 1.17 bits per heavy atom. The molecule has 1 aliphatic heterocycles. The van der Waals surface area contributed by atoms with E-state index in [-0.39, 0.29) is 17.8 Å². The molecule has 0 unspecified atom stereocenters. The molecule has 29 heavy (non-hydrogen) atoms. The van der Waals surface area contributed by atoms with Gasteiger partial charge in [0.15, 0.2) is 10.9 Å². The van der Waals surface area contributed by atoms with Gasteiger partial charge in [0.25, 0.3) is 5.91 Å². The number of carbonyl (C=O) groups excluding carboxylic acids is 3. The molecule has 1 amide bonds. The zero-order chi connectivity index (χ0) is 20.5. The van der Waals surface area contributed by atoms with E-state index in [2.05, 4.69) is 10.3 Å². The van der Waals surface area contributed by atoms with E-state index in [1.54, 1.807) is 25.1 Å². The molecule has 0 radical (unpaired) electrons. The van der Waals surface area contributed by atoms with Crippen LogP contribution in [-0.2, 0) is 11.2 Å². The number of aryl methyl sites for hydroxylation is 1.